The Labute approximate surface area is 192 Å². The summed E-state index contributed by atoms with van der Waals surface area (Å²) >= 11 is 0. The molecule has 31 heavy (non-hydrogen) atoms. The van der Waals surface area contributed by atoms with Gasteiger partial charge in [0.05, 0.1) is 4.90 Å². The number of anilines is 1. The minimum absolute atomic E-state index is 0.0304. The molecule has 2 amide bonds. The number of rotatable bonds is 9. The lowest BCUT2D eigenvalue weighted by atomic mass is 10.1. The van der Waals surface area contributed by atoms with Crippen LogP contribution in [0.5, 0.6) is 0 Å². The van der Waals surface area contributed by atoms with E-state index in [1.807, 2.05) is 21.6 Å². The summed E-state index contributed by atoms with van der Waals surface area (Å²) in [4.78, 5) is 23.6. The van der Waals surface area contributed by atoms with Crippen molar-refractivity contribution >= 4 is 49.1 Å². The second kappa shape index (κ2) is 11.6. The van der Waals surface area contributed by atoms with Gasteiger partial charge < -0.3 is 10.6 Å². The van der Waals surface area contributed by atoms with E-state index in [0.717, 1.165) is 18.1 Å². The third-order valence-corrected chi connectivity index (χ3v) is 10.5. The van der Waals surface area contributed by atoms with Crippen LogP contribution in [0.1, 0.15) is 51.9 Å². The normalized spacial score (nSPS) is 20.5. The molecule has 2 fully saturated rings. The maximum Gasteiger partial charge on any atom is 0.243 e. The van der Waals surface area contributed by atoms with E-state index >= 15 is 0 Å². The second-order valence-corrected chi connectivity index (χ2v) is 12.8. The number of unbranched alkanes of at least 4 members (excludes halogenated alkanes) is 1. The molecular formula is C21H31N3O4S3. The molecule has 1 atom stereocenters. The van der Waals surface area contributed by atoms with Gasteiger partial charge in [-0.2, -0.15) is 4.31 Å². The lowest BCUT2D eigenvalue weighted by Crippen LogP contribution is -2.46. The Kier molecular flexibility index (Phi) is 9.12. The summed E-state index contributed by atoms with van der Waals surface area (Å²) in [5.74, 6) is 1.11. The van der Waals surface area contributed by atoms with Gasteiger partial charge in [-0.15, -0.1) is 0 Å². The standard InChI is InChI=1S/C21H31N3O4S3/c1-16(25)22-17-6-8-20(9-7-17)31(27,28)24-13-10-18(11-14-24)23-21(26)5-3-2-4-19-12-15-29-30-19/h6-9,18-19H,2-5,10-15H2,1H3,(H,22,25)(H,23,26). The van der Waals surface area contributed by atoms with Crippen LogP contribution >= 0.6 is 21.6 Å². The highest BCUT2D eigenvalue weighted by molar-refractivity contribution is 8.77. The predicted octanol–water partition coefficient (Wildman–Crippen LogP) is 3.63. The summed E-state index contributed by atoms with van der Waals surface area (Å²) in [5, 5.41) is 6.46. The van der Waals surface area contributed by atoms with Crippen LogP contribution in [0.4, 0.5) is 5.69 Å². The van der Waals surface area contributed by atoms with Crippen LogP contribution in [0.15, 0.2) is 29.2 Å². The van der Waals surface area contributed by atoms with Crippen molar-refractivity contribution in [1.29, 1.82) is 0 Å². The number of carbonyl (C=O) groups is 2. The number of hydrogen-bond acceptors (Lipinski definition) is 6. The van der Waals surface area contributed by atoms with Crippen LogP contribution in [0.3, 0.4) is 0 Å². The molecule has 2 aliphatic heterocycles. The zero-order valence-corrected chi connectivity index (χ0v) is 20.3. The molecule has 0 aromatic heterocycles. The van der Waals surface area contributed by atoms with Crippen molar-refractivity contribution in [2.45, 2.75) is 68.1 Å². The average molecular weight is 486 g/mol. The van der Waals surface area contributed by atoms with Crippen LogP contribution in [0.25, 0.3) is 0 Å². The van der Waals surface area contributed by atoms with E-state index < -0.39 is 10.0 Å². The van der Waals surface area contributed by atoms with Crippen LogP contribution in [-0.2, 0) is 19.6 Å². The fourth-order valence-corrected chi connectivity index (χ4v) is 8.32. The van der Waals surface area contributed by atoms with Crippen molar-refractivity contribution in [3.05, 3.63) is 24.3 Å². The zero-order valence-electron chi connectivity index (χ0n) is 17.8. The molecule has 0 saturated carbocycles. The number of amides is 2. The lowest BCUT2D eigenvalue weighted by Gasteiger charge is -2.31. The van der Waals surface area contributed by atoms with E-state index in [1.165, 1.54) is 42.0 Å². The fraction of sp³-hybridized carbons (Fsp3) is 0.619. The highest BCUT2D eigenvalue weighted by Crippen LogP contribution is 2.39. The minimum atomic E-state index is -3.58. The smallest absolute Gasteiger partial charge is 0.243 e. The van der Waals surface area contributed by atoms with Crippen LogP contribution in [-0.4, -0.2) is 54.7 Å². The Bertz CT molecular complexity index is 847. The van der Waals surface area contributed by atoms with E-state index in [2.05, 4.69) is 10.6 Å². The zero-order chi connectivity index (χ0) is 22.3. The van der Waals surface area contributed by atoms with Gasteiger partial charge >= 0.3 is 0 Å². The van der Waals surface area contributed by atoms with Crippen LogP contribution in [0.2, 0.25) is 0 Å². The van der Waals surface area contributed by atoms with Gasteiger partial charge in [-0.3, -0.25) is 9.59 Å². The molecule has 1 aromatic carbocycles. The average Bonchev–Trinajstić information content (AvgIpc) is 3.25. The van der Waals surface area contributed by atoms with E-state index in [4.69, 9.17) is 0 Å². The molecule has 1 aromatic rings. The van der Waals surface area contributed by atoms with Gasteiger partial charge in [-0.1, -0.05) is 28.0 Å². The van der Waals surface area contributed by atoms with Crippen molar-refractivity contribution in [2.75, 3.05) is 24.2 Å². The van der Waals surface area contributed by atoms with Crippen molar-refractivity contribution in [1.82, 2.24) is 9.62 Å². The SMILES string of the molecule is CC(=O)Nc1ccc(S(=O)(=O)N2CCC(NC(=O)CCCCC3CCSS3)CC2)cc1. The summed E-state index contributed by atoms with van der Waals surface area (Å²) < 4.78 is 27.2. The van der Waals surface area contributed by atoms with Gasteiger partial charge in [-0.05, 0) is 56.4 Å². The number of piperidine rings is 1. The number of nitrogens with one attached hydrogen (secondary N) is 2. The third-order valence-electron chi connectivity index (χ3n) is 5.54. The first kappa shape index (κ1) is 24.4. The van der Waals surface area contributed by atoms with Gasteiger partial charge in [-0.25, -0.2) is 8.42 Å². The Morgan fingerprint density at radius 1 is 1.10 bits per heavy atom. The summed E-state index contributed by atoms with van der Waals surface area (Å²) in [6, 6.07) is 6.23. The molecule has 2 N–H and O–H groups in total. The molecule has 0 radical (unpaired) electrons. The summed E-state index contributed by atoms with van der Waals surface area (Å²) in [7, 11) is 0.346. The van der Waals surface area contributed by atoms with Gasteiger partial charge in [0.25, 0.3) is 0 Å². The summed E-state index contributed by atoms with van der Waals surface area (Å²) in [6.07, 6.45) is 6.24. The summed E-state index contributed by atoms with van der Waals surface area (Å²) in [5.41, 5.74) is 0.564. The molecule has 0 bridgehead atoms. The van der Waals surface area contributed by atoms with Crippen molar-refractivity contribution < 1.29 is 18.0 Å². The highest BCUT2D eigenvalue weighted by Gasteiger charge is 2.30. The predicted molar refractivity (Wildman–Crippen MR) is 128 cm³/mol. The maximum absolute atomic E-state index is 12.9. The molecule has 10 heteroatoms. The van der Waals surface area contributed by atoms with E-state index in [9.17, 15) is 18.0 Å². The molecule has 7 nitrogen and oxygen atoms in total. The van der Waals surface area contributed by atoms with Gasteiger partial charge in [0.2, 0.25) is 21.8 Å². The van der Waals surface area contributed by atoms with Crippen LogP contribution in [0, 0.1) is 0 Å². The Hall–Kier alpha value is -1.23. The fourth-order valence-electron chi connectivity index (χ4n) is 3.82. The Morgan fingerprint density at radius 2 is 1.81 bits per heavy atom. The topological polar surface area (TPSA) is 95.6 Å². The van der Waals surface area contributed by atoms with E-state index in [1.54, 1.807) is 12.1 Å². The molecular weight excluding hydrogens is 454 g/mol. The number of hydrogen-bond donors (Lipinski definition) is 2. The van der Waals surface area contributed by atoms with Gasteiger partial charge in [0.1, 0.15) is 0 Å². The number of benzene rings is 1. The lowest BCUT2D eigenvalue weighted by molar-refractivity contribution is -0.122. The number of carbonyl (C=O) groups excluding carboxylic acids is 2. The largest absolute Gasteiger partial charge is 0.353 e. The maximum atomic E-state index is 12.9. The van der Waals surface area contributed by atoms with E-state index in [-0.39, 0.29) is 22.8 Å². The molecule has 2 saturated heterocycles. The first-order chi connectivity index (χ1) is 14.8. The molecule has 0 spiro atoms. The van der Waals surface area contributed by atoms with Crippen molar-refractivity contribution in [3.63, 3.8) is 0 Å². The first-order valence-electron chi connectivity index (χ1n) is 10.8. The number of nitrogens with zero attached hydrogens (tertiary/aromatic N) is 1. The molecule has 2 heterocycles. The molecule has 0 aliphatic carbocycles. The van der Waals surface area contributed by atoms with Crippen molar-refractivity contribution in [2.24, 2.45) is 0 Å². The Morgan fingerprint density at radius 3 is 2.42 bits per heavy atom. The molecule has 2 aliphatic rings. The molecule has 1 unspecified atom stereocenters. The molecule has 172 valence electrons. The minimum Gasteiger partial charge on any atom is -0.353 e. The molecule has 3 rings (SSSR count). The second-order valence-electron chi connectivity index (χ2n) is 8.03. The third kappa shape index (κ3) is 7.40. The number of sulfonamides is 1. The summed E-state index contributed by atoms with van der Waals surface area (Å²) in [6.45, 7) is 2.18. The Balaban J connectivity index is 1.39. The van der Waals surface area contributed by atoms with Crippen LogP contribution < -0.4 is 10.6 Å². The quantitative estimate of drug-likeness (QED) is 0.410. The van der Waals surface area contributed by atoms with E-state index in [0.29, 0.717) is 38.0 Å². The monoisotopic (exact) mass is 485 g/mol. The van der Waals surface area contributed by atoms with Crippen molar-refractivity contribution in [3.8, 4) is 0 Å². The highest BCUT2D eigenvalue weighted by atomic mass is 33.1. The van der Waals surface area contributed by atoms with Gasteiger partial charge in [0.15, 0.2) is 0 Å². The first-order valence-corrected chi connectivity index (χ1v) is 14.6. The van der Waals surface area contributed by atoms with Gasteiger partial charge in [0, 0.05) is 49.2 Å².